The molecular weight excluding hydrogens is 353 g/mol. The van der Waals surface area contributed by atoms with Crippen molar-refractivity contribution >= 4 is 40.7 Å². The van der Waals surface area contributed by atoms with Gasteiger partial charge in [-0.05, 0) is 31.2 Å². The fourth-order valence-corrected chi connectivity index (χ4v) is 2.17. The van der Waals surface area contributed by atoms with Crippen molar-refractivity contribution in [1.82, 2.24) is 10.3 Å². The standard InChI is InChI=1S/C16H15Cl2N3O3/c1-2-19-14(22)9-24-11-5-3-4-10(8-11)20-16(23)15-12(17)6-7-13(18)21-15/h3-8H,2,9H2,1H3,(H,19,22)(H,20,23). The van der Waals surface area contributed by atoms with Gasteiger partial charge in [0.2, 0.25) is 0 Å². The topological polar surface area (TPSA) is 80.3 Å². The van der Waals surface area contributed by atoms with Gasteiger partial charge in [-0.2, -0.15) is 0 Å². The van der Waals surface area contributed by atoms with Crippen molar-refractivity contribution in [3.63, 3.8) is 0 Å². The number of likely N-dealkylation sites (N-methyl/N-ethyl adjacent to an activating group) is 1. The van der Waals surface area contributed by atoms with Gasteiger partial charge in [0, 0.05) is 18.3 Å². The van der Waals surface area contributed by atoms with Crippen molar-refractivity contribution in [2.75, 3.05) is 18.5 Å². The zero-order valence-electron chi connectivity index (χ0n) is 12.8. The minimum Gasteiger partial charge on any atom is -0.484 e. The van der Waals surface area contributed by atoms with Crippen LogP contribution in [0.3, 0.4) is 0 Å². The first-order valence-corrected chi connectivity index (χ1v) is 7.88. The highest BCUT2D eigenvalue weighted by Gasteiger charge is 2.13. The third-order valence-corrected chi connectivity index (χ3v) is 3.38. The second-order valence-corrected chi connectivity index (χ2v) is 5.48. The number of anilines is 1. The molecule has 0 saturated carbocycles. The van der Waals surface area contributed by atoms with Gasteiger partial charge in [0.05, 0.1) is 5.02 Å². The molecule has 0 fully saturated rings. The van der Waals surface area contributed by atoms with Crippen LogP contribution in [-0.4, -0.2) is 29.9 Å². The molecule has 0 radical (unpaired) electrons. The van der Waals surface area contributed by atoms with E-state index in [1.165, 1.54) is 12.1 Å². The molecule has 6 nitrogen and oxygen atoms in total. The summed E-state index contributed by atoms with van der Waals surface area (Å²) < 4.78 is 5.36. The summed E-state index contributed by atoms with van der Waals surface area (Å²) in [7, 11) is 0. The van der Waals surface area contributed by atoms with Crippen LogP contribution < -0.4 is 15.4 Å². The van der Waals surface area contributed by atoms with Crippen molar-refractivity contribution in [1.29, 1.82) is 0 Å². The summed E-state index contributed by atoms with van der Waals surface area (Å²) in [6, 6.07) is 9.63. The van der Waals surface area contributed by atoms with E-state index in [0.29, 0.717) is 18.0 Å². The lowest BCUT2D eigenvalue weighted by Crippen LogP contribution is -2.28. The SMILES string of the molecule is CCNC(=O)COc1cccc(NC(=O)c2nc(Cl)ccc2Cl)c1. The first-order valence-electron chi connectivity index (χ1n) is 7.12. The Labute approximate surface area is 149 Å². The van der Waals surface area contributed by atoms with E-state index in [1.807, 2.05) is 6.92 Å². The summed E-state index contributed by atoms with van der Waals surface area (Å²) in [5.41, 5.74) is 0.504. The van der Waals surface area contributed by atoms with E-state index >= 15 is 0 Å². The van der Waals surface area contributed by atoms with Crippen LogP contribution >= 0.6 is 23.2 Å². The molecule has 0 bridgehead atoms. The number of hydrogen-bond acceptors (Lipinski definition) is 4. The Hall–Kier alpha value is -2.31. The van der Waals surface area contributed by atoms with Crippen molar-refractivity contribution < 1.29 is 14.3 Å². The van der Waals surface area contributed by atoms with Gasteiger partial charge < -0.3 is 15.4 Å². The quantitative estimate of drug-likeness (QED) is 0.768. The van der Waals surface area contributed by atoms with Crippen molar-refractivity contribution in [2.45, 2.75) is 6.92 Å². The molecule has 0 atom stereocenters. The molecule has 1 aromatic carbocycles. The number of aromatic nitrogens is 1. The number of carbonyl (C=O) groups excluding carboxylic acids is 2. The summed E-state index contributed by atoms with van der Waals surface area (Å²) in [5, 5.41) is 5.65. The van der Waals surface area contributed by atoms with Gasteiger partial charge in [-0.25, -0.2) is 4.98 Å². The molecule has 24 heavy (non-hydrogen) atoms. The highest BCUT2D eigenvalue weighted by Crippen LogP contribution is 2.21. The lowest BCUT2D eigenvalue weighted by atomic mass is 10.2. The van der Waals surface area contributed by atoms with E-state index in [-0.39, 0.29) is 28.4 Å². The lowest BCUT2D eigenvalue weighted by molar-refractivity contribution is -0.122. The summed E-state index contributed by atoms with van der Waals surface area (Å²) in [6.07, 6.45) is 0. The third-order valence-electron chi connectivity index (χ3n) is 2.86. The Kier molecular flexibility index (Phi) is 6.40. The zero-order chi connectivity index (χ0) is 17.5. The maximum absolute atomic E-state index is 12.2. The number of rotatable bonds is 6. The number of ether oxygens (including phenoxy) is 1. The molecule has 0 aliphatic rings. The number of benzene rings is 1. The Balaban J connectivity index is 2.05. The molecule has 0 unspecified atom stereocenters. The summed E-state index contributed by atoms with van der Waals surface area (Å²) in [4.78, 5) is 27.5. The first-order chi connectivity index (χ1) is 11.5. The molecule has 2 aromatic rings. The van der Waals surface area contributed by atoms with Crippen LogP contribution in [0.5, 0.6) is 5.75 Å². The molecule has 2 amide bonds. The normalized spacial score (nSPS) is 10.1. The van der Waals surface area contributed by atoms with Crippen molar-refractivity contribution in [3.05, 3.63) is 52.3 Å². The third kappa shape index (κ3) is 5.11. The second-order valence-electron chi connectivity index (χ2n) is 4.69. The Morgan fingerprint density at radius 2 is 2.00 bits per heavy atom. The van der Waals surface area contributed by atoms with Crippen LogP contribution in [0.1, 0.15) is 17.4 Å². The predicted octanol–water partition coefficient (Wildman–Crippen LogP) is 3.16. The van der Waals surface area contributed by atoms with Gasteiger partial charge in [-0.3, -0.25) is 9.59 Å². The number of carbonyl (C=O) groups is 2. The van der Waals surface area contributed by atoms with Gasteiger partial charge in [0.1, 0.15) is 16.6 Å². The average molecular weight is 368 g/mol. The number of halogens is 2. The molecule has 2 rings (SSSR count). The van der Waals surface area contributed by atoms with E-state index in [9.17, 15) is 9.59 Å². The maximum Gasteiger partial charge on any atom is 0.275 e. The average Bonchev–Trinajstić information content (AvgIpc) is 2.56. The minimum absolute atomic E-state index is 0.0258. The van der Waals surface area contributed by atoms with Gasteiger partial charge in [0.15, 0.2) is 6.61 Å². The lowest BCUT2D eigenvalue weighted by Gasteiger charge is -2.09. The molecule has 2 N–H and O–H groups in total. The zero-order valence-corrected chi connectivity index (χ0v) is 14.3. The Bertz CT molecular complexity index is 753. The molecule has 0 saturated heterocycles. The number of pyridine rings is 1. The van der Waals surface area contributed by atoms with E-state index < -0.39 is 5.91 Å². The highest BCUT2D eigenvalue weighted by atomic mass is 35.5. The molecule has 0 aliphatic carbocycles. The molecule has 8 heteroatoms. The van der Waals surface area contributed by atoms with Crippen LogP contribution in [0.15, 0.2) is 36.4 Å². The number of amides is 2. The van der Waals surface area contributed by atoms with Crippen LogP contribution in [0, 0.1) is 0 Å². The van der Waals surface area contributed by atoms with E-state index in [2.05, 4.69) is 15.6 Å². The van der Waals surface area contributed by atoms with Crippen LogP contribution in [-0.2, 0) is 4.79 Å². The smallest absolute Gasteiger partial charge is 0.275 e. The fraction of sp³-hybridized carbons (Fsp3) is 0.188. The Morgan fingerprint density at radius 3 is 2.75 bits per heavy atom. The summed E-state index contributed by atoms with van der Waals surface area (Å²) in [6.45, 7) is 2.25. The molecule has 0 aliphatic heterocycles. The van der Waals surface area contributed by atoms with Crippen molar-refractivity contribution in [2.24, 2.45) is 0 Å². The molecule has 0 spiro atoms. The van der Waals surface area contributed by atoms with E-state index in [1.54, 1.807) is 24.3 Å². The highest BCUT2D eigenvalue weighted by molar-refractivity contribution is 6.35. The summed E-state index contributed by atoms with van der Waals surface area (Å²) >= 11 is 11.7. The van der Waals surface area contributed by atoms with Gasteiger partial charge >= 0.3 is 0 Å². The first kappa shape index (κ1) is 18.0. The molecular formula is C16H15Cl2N3O3. The monoisotopic (exact) mass is 367 g/mol. The fourth-order valence-electron chi connectivity index (χ4n) is 1.83. The number of nitrogens with one attached hydrogen (secondary N) is 2. The van der Waals surface area contributed by atoms with E-state index in [4.69, 9.17) is 27.9 Å². The van der Waals surface area contributed by atoms with Crippen LogP contribution in [0.25, 0.3) is 0 Å². The van der Waals surface area contributed by atoms with E-state index in [0.717, 1.165) is 0 Å². The van der Waals surface area contributed by atoms with Crippen LogP contribution in [0.4, 0.5) is 5.69 Å². The van der Waals surface area contributed by atoms with Gasteiger partial charge in [-0.1, -0.05) is 29.3 Å². The maximum atomic E-state index is 12.2. The van der Waals surface area contributed by atoms with Crippen LogP contribution in [0.2, 0.25) is 10.2 Å². The van der Waals surface area contributed by atoms with Gasteiger partial charge in [0.25, 0.3) is 11.8 Å². The predicted molar refractivity (Wildman–Crippen MR) is 92.8 cm³/mol. The molecule has 1 heterocycles. The minimum atomic E-state index is -0.497. The largest absolute Gasteiger partial charge is 0.484 e. The van der Waals surface area contributed by atoms with Gasteiger partial charge in [-0.15, -0.1) is 0 Å². The number of hydrogen-bond donors (Lipinski definition) is 2. The second kappa shape index (κ2) is 8.52. The van der Waals surface area contributed by atoms with Crippen molar-refractivity contribution in [3.8, 4) is 5.75 Å². The molecule has 1 aromatic heterocycles. The Morgan fingerprint density at radius 1 is 1.21 bits per heavy atom. The molecule has 126 valence electrons. The summed E-state index contributed by atoms with van der Waals surface area (Å²) in [5.74, 6) is -0.269. The number of nitrogens with zero attached hydrogens (tertiary/aromatic N) is 1.